The molecule has 17 heteroatoms. The summed E-state index contributed by atoms with van der Waals surface area (Å²) < 4.78 is 55.3. The molecule has 2 aromatic carbocycles. The van der Waals surface area contributed by atoms with Gasteiger partial charge in [0.2, 0.25) is 5.91 Å². The highest BCUT2D eigenvalue weighted by atomic mass is 31.0. The molecule has 0 saturated heterocycles. The molecule has 6 N–H and O–H groups in total. The van der Waals surface area contributed by atoms with Crippen LogP contribution in [-0.2, 0) is 9.59 Å². The summed E-state index contributed by atoms with van der Waals surface area (Å²) in [7, 11) is 2.68. The first-order chi connectivity index (χ1) is 19.4. The number of hydrogen-bond donors (Lipinski definition) is 6. The number of nitrogens with zero attached hydrogens (tertiary/aromatic N) is 2. The second-order valence-corrected chi connectivity index (χ2v) is 9.89. The molecule has 0 bridgehead atoms. The normalized spacial score (nSPS) is 15.8. The molecule has 41 heavy (non-hydrogen) atoms. The molecule has 4 rings (SSSR count). The third-order valence-corrected chi connectivity index (χ3v) is 6.24. The standard InChI is InChI=1S/C24H24F4N7O5P/c25-15-2-1-11(5-19(15)40-24(26,27)28)16(6-21(37)38)33-20(36)10-29-22(39)12-3-17(14-9-32-35-18(14)4-12)34-23-30-7-13(41)8-31-23/h1-5,9,13,16H,6-8,10,41H2,(H,29,39)(H,32,35)(H,33,36)(H,37,38)(H2,30,31,34). The van der Waals surface area contributed by atoms with Crippen molar-refractivity contribution in [3.05, 3.63) is 53.5 Å². The molecule has 1 aromatic heterocycles. The number of ether oxygens (including phenoxy) is 1. The van der Waals surface area contributed by atoms with E-state index in [0.717, 1.165) is 6.07 Å². The summed E-state index contributed by atoms with van der Waals surface area (Å²) in [5, 5.41) is 27.7. The highest BCUT2D eigenvalue weighted by Crippen LogP contribution is 2.29. The number of carbonyl (C=O) groups is 3. The Morgan fingerprint density at radius 1 is 1.22 bits per heavy atom. The lowest BCUT2D eigenvalue weighted by Gasteiger charge is -2.21. The first kappa shape index (κ1) is 29.5. The second kappa shape index (κ2) is 12.4. The topological polar surface area (TPSA) is 170 Å². The van der Waals surface area contributed by atoms with Gasteiger partial charge < -0.3 is 31.1 Å². The number of amides is 2. The fourth-order valence-electron chi connectivity index (χ4n) is 3.93. The minimum absolute atomic E-state index is 0.152. The molecule has 3 atom stereocenters. The van der Waals surface area contributed by atoms with Gasteiger partial charge in [-0.3, -0.25) is 24.5 Å². The van der Waals surface area contributed by atoms with E-state index in [-0.39, 0.29) is 16.8 Å². The van der Waals surface area contributed by atoms with Crippen LogP contribution >= 0.6 is 9.24 Å². The summed E-state index contributed by atoms with van der Waals surface area (Å²) in [6.45, 7) is 0.661. The number of carboxylic acids is 1. The van der Waals surface area contributed by atoms with Crippen molar-refractivity contribution in [2.45, 2.75) is 24.5 Å². The zero-order valence-corrected chi connectivity index (χ0v) is 22.2. The Kier molecular flexibility index (Phi) is 8.91. The molecule has 2 heterocycles. The quantitative estimate of drug-likeness (QED) is 0.161. The molecular weight excluding hydrogens is 573 g/mol. The number of aromatic amines is 1. The number of guanidine groups is 1. The number of fused-ring (bicyclic) bond motifs is 1. The SMILES string of the molecule is O=C(O)CC(NC(=O)CNC(=O)c1cc(NC2=NCC(P)CN2)c2cn[nH]c2c1)c1ccc(F)c(OC(F)(F)F)c1. The van der Waals surface area contributed by atoms with Crippen molar-refractivity contribution in [3.63, 3.8) is 0 Å². The average Bonchev–Trinajstić information content (AvgIpc) is 3.38. The number of rotatable bonds is 9. The number of aliphatic imine (C=N–C) groups is 1. The van der Waals surface area contributed by atoms with Gasteiger partial charge in [0.25, 0.3) is 5.91 Å². The minimum atomic E-state index is -5.19. The number of aliphatic carboxylic acids is 1. The van der Waals surface area contributed by atoms with Crippen LogP contribution in [-0.4, -0.2) is 70.7 Å². The molecule has 0 radical (unpaired) electrons. The van der Waals surface area contributed by atoms with Crippen molar-refractivity contribution in [2.75, 3.05) is 25.0 Å². The molecule has 0 saturated carbocycles. The van der Waals surface area contributed by atoms with Crippen molar-refractivity contribution >= 4 is 49.6 Å². The summed E-state index contributed by atoms with van der Waals surface area (Å²) in [6, 6.07) is 4.03. The molecule has 0 spiro atoms. The molecule has 1 aliphatic rings. The predicted octanol–water partition coefficient (Wildman–Crippen LogP) is 2.28. The number of hydrogen-bond acceptors (Lipinski definition) is 8. The number of carboxylic acid groups (broad SMARTS) is 1. The van der Waals surface area contributed by atoms with Crippen LogP contribution in [0.2, 0.25) is 0 Å². The van der Waals surface area contributed by atoms with E-state index in [1.165, 1.54) is 12.1 Å². The summed E-state index contributed by atoms with van der Waals surface area (Å²) in [4.78, 5) is 41.2. The van der Waals surface area contributed by atoms with Gasteiger partial charge in [-0.1, -0.05) is 6.07 Å². The molecule has 3 aromatic rings. The molecule has 218 valence electrons. The maximum absolute atomic E-state index is 13.8. The number of carbonyl (C=O) groups excluding carboxylic acids is 2. The fraction of sp³-hybridized carbons (Fsp3) is 0.292. The molecule has 2 amide bonds. The van der Waals surface area contributed by atoms with Gasteiger partial charge in [-0.2, -0.15) is 5.10 Å². The van der Waals surface area contributed by atoms with Crippen LogP contribution in [0.15, 0.2) is 41.5 Å². The lowest BCUT2D eigenvalue weighted by atomic mass is 10.0. The number of anilines is 1. The number of benzene rings is 2. The van der Waals surface area contributed by atoms with E-state index in [1.54, 1.807) is 6.20 Å². The van der Waals surface area contributed by atoms with Gasteiger partial charge in [-0.05, 0) is 29.8 Å². The van der Waals surface area contributed by atoms with Gasteiger partial charge >= 0.3 is 12.3 Å². The van der Waals surface area contributed by atoms with Gasteiger partial charge in [-0.25, -0.2) is 4.39 Å². The van der Waals surface area contributed by atoms with E-state index < -0.39 is 54.7 Å². The Morgan fingerprint density at radius 2 is 2.00 bits per heavy atom. The highest BCUT2D eigenvalue weighted by molar-refractivity contribution is 7.17. The largest absolute Gasteiger partial charge is 0.573 e. The van der Waals surface area contributed by atoms with Crippen LogP contribution in [0.1, 0.15) is 28.4 Å². The van der Waals surface area contributed by atoms with Crippen LogP contribution in [0.3, 0.4) is 0 Å². The van der Waals surface area contributed by atoms with Crippen molar-refractivity contribution in [3.8, 4) is 5.75 Å². The van der Waals surface area contributed by atoms with E-state index in [4.69, 9.17) is 0 Å². The fourth-order valence-corrected chi connectivity index (χ4v) is 4.15. The van der Waals surface area contributed by atoms with Gasteiger partial charge in [-0.15, -0.1) is 22.4 Å². The van der Waals surface area contributed by atoms with Crippen molar-refractivity contribution in [1.29, 1.82) is 0 Å². The van der Waals surface area contributed by atoms with E-state index in [2.05, 4.69) is 50.4 Å². The lowest BCUT2D eigenvalue weighted by molar-refractivity contribution is -0.275. The predicted molar refractivity (Wildman–Crippen MR) is 142 cm³/mol. The summed E-state index contributed by atoms with van der Waals surface area (Å²) in [5.41, 5.74) is 1.34. The zero-order valence-electron chi connectivity index (χ0n) is 21.0. The summed E-state index contributed by atoms with van der Waals surface area (Å²) in [5.74, 6) is -4.89. The smallest absolute Gasteiger partial charge is 0.481 e. The first-order valence-corrected chi connectivity index (χ1v) is 12.7. The van der Waals surface area contributed by atoms with E-state index >= 15 is 0 Å². The van der Waals surface area contributed by atoms with Crippen LogP contribution in [0.5, 0.6) is 5.75 Å². The van der Waals surface area contributed by atoms with Crippen LogP contribution < -0.4 is 26.0 Å². The zero-order chi connectivity index (χ0) is 29.7. The third kappa shape index (κ3) is 8.03. The molecule has 3 unspecified atom stereocenters. The third-order valence-electron chi connectivity index (χ3n) is 5.80. The van der Waals surface area contributed by atoms with Crippen LogP contribution in [0, 0.1) is 5.82 Å². The summed E-state index contributed by atoms with van der Waals surface area (Å²) in [6.07, 6.45) is -4.36. The number of aromatic nitrogens is 2. The van der Waals surface area contributed by atoms with E-state index in [0.29, 0.717) is 47.8 Å². The van der Waals surface area contributed by atoms with E-state index in [1.807, 2.05) is 0 Å². The number of H-pyrrole nitrogens is 1. The Morgan fingerprint density at radius 3 is 2.68 bits per heavy atom. The molecule has 0 fully saturated rings. The Balaban J connectivity index is 1.45. The van der Waals surface area contributed by atoms with Crippen LogP contribution in [0.25, 0.3) is 10.9 Å². The van der Waals surface area contributed by atoms with Gasteiger partial charge in [0, 0.05) is 23.2 Å². The maximum atomic E-state index is 13.8. The number of halogens is 4. The molecule has 0 aliphatic carbocycles. The maximum Gasteiger partial charge on any atom is 0.573 e. The van der Waals surface area contributed by atoms with Gasteiger partial charge in [0.05, 0.1) is 43.0 Å². The van der Waals surface area contributed by atoms with Crippen molar-refractivity contribution < 1.29 is 41.8 Å². The van der Waals surface area contributed by atoms with Gasteiger partial charge in [0.15, 0.2) is 17.5 Å². The second-order valence-electron chi connectivity index (χ2n) is 8.95. The molecule has 1 aliphatic heterocycles. The lowest BCUT2D eigenvalue weighted by Crippen LogP contribution is -2.40. The van der Waals surface area contributed by atoms with Gasteiger partial charge in [0.1, 0.15) is 0 Å². The molecule has 12 nitrogen and oxygen atoms in total. The van der Waals surface area contributed by atoms with Crippen molar-refractivity contribution in [1.82, 2.24) is 26.1 Å². The Labute approximate surface area is 231 Å². The Hall–Kier alpha value is -4.46. The van der Waals surface area contributed by atoms with Crippen LogP contribution in [0.4, 0.5) is 23.2 Å². The average molecular weight is 597 g/mol. The Bertz CT molecular complexity index is 1500. The first-order valence-electron chi connectivity index (χ1n) is 12.0. The van der Waals surface area contributed by atoms with Crippen molar-refractivity contribution in [2.24, 2.45) is 4.99 Å². The highest BCUT2D eigenvalue weighted by Gasteiger charge is 2.33. The molecular formula is C24H24F4N7O5P. The number of alkyl halides is 3. The monoisotopic (exact) mass is 597 g/mol. The number of nitrogens with one attached hydrogen (secondary N) is 5. The minimum Gasteiger partial charge on any atom is -0.481 e. The van der Waals surface area contributed by atoms with E-state index in [9.17, 15) is 37.1 Å². The summed E-state index contributed by atoms with van der Waals surface area (Å²) >= 11 is 0.